The molecule has 1 amide bonds. The summed E-state index contributed by atoms with van der Waals surface area (Å²) < 4.78 is 11.1. The van der Waals surface area contributed by atoms with Gasteiger partial charge in [-0.3, -0.25) is 4.79 Å². The molecule has 1 aliphatic rings. The lowest BCUT2D eigenvalue weighted by Gasteiger charge is -2.17. The lowest BCUT2D eigenvalue weighted by atomic mass is 10.1. The predicted octanol–water partition coefficient (Wildman–Crippen LogP) is 5.01. The third-order valence-corrected chi connectivity index (χ3v) is 5.38. The minimum atomic E-state index is -0.133. The van der Waals surface area contributed by atoms with Gasteiger partial charge in [0, 0.05) is 29.2 Å². The largest absolute Gasteiger partial charge is 0.494 e. The van der Waals surface area contributed by atoms with Crippen molar-refractivity contribution in [2.75, 3.05) is 18.1 Å². The van der Waals surface area contributed by atoms with Crippen LogP contribution in [0.3, 0.4) is 0 Å². The number of nitrogens with zero attached hydrogens (tertiary/aromatic N) is 3. The van der Waals surface area contributed by atoms with Gasteiger partial charge < -0.3 is 14.2 Å². The summed E-state index contributed by atoms with van der Waals surface area (Å²) in [5.74, 6) is 1.71. The summed E-state index contributed by atoms with van der Waals surface area (Å²) in [6, 6.07) is 13.2. The first kappa shape index (κ1) is 19.5. The van der Waals surface area contributed by atoms with Crippen molar-refractivity contribution in [2.24, 2.45) is 0 Å². The van der Waals surface area contributed by atoms with E-state index in [9.17, 15) is 4.79 Å². The highest BCUT2D eigenvalue weighted by molar-refractivity contribution is 6.31. The van der Waals surface area contributed by atoms with Crippen LogP contribution < -0.4 is 9.64 Å². The first-order chi connectivity index (χ1) is 14.0. The average molecular weight is 412 g/mol. The van der Waals surface area contributed by atoms with Crippen molar-refractivity contribution in [3.63, 3.8) is 0 Å². The quantitative estimate of drug-likeness (QED) is 0.570. The molecule has 1 atom stereocenters. The second-order valence-corrected chi connectivity index (χ2v) is 7.58. The topological polar surface area (TPSA) is 68.5 Å². The fraction of sp³-hybridized carbons (Fsp3) is 0.318. The average Bonchev–Trinajstić information content (AvgIpc) is 3.36. The van der Waals surface area contributed by atoms with E-state index in [2.05, 4.69) is 17.1 Å². The van der Waals surface area contributed by atoms with Crippen molar-refractivity contribution in [3.05, 3.63) is 58.9 Å². The molecule has 29 heavy (non-hydrogen) atoms. The van der Waals surface area contributed by atoms with Crippen LogP contribution >= 0.6 is 11.6 Å². The van der Waals surface area contributed by atoms with E-state index in [1.54, 1.807) is 4.90 Å². The Balaban J connectivity index is 1.48. The lowest BCUT2D eigenvalue weighted by molar-refractivity contribution is -0.117. The summed E-state index contributed by atoms with van der Waals surface area (Å²) >= 11 is 6.10. The van der Waals surface area contributed by atoms with E-state index in [1.165, 1.54) is 0 Å². The summed E-state index contributed by atoms with van der Waals surface area (Å²) in [6.07, 6.45) is 1.30. The summed E-state index contributed by atoms with van der Waals surface area (Å²) in [7, 11) is 0. The molecule has 150 valence electrons. The van der Waals surface area contributed by atoms with Crippen molar-refractivity contribution in [1.29, 1.82) is 0 Å². The Labute approximate surface area is 174 Å². The second-order valence-electron chi connectivity index (χ2n) is 7.17. The molecule has 0 spiro atoms. The summed E-state index contributed by atoms with van der Waals surface area (Å²) in [5.41, 5.74) is 2.62. The minimum absolute atomic E-state index is 0.0360. The van der Waals surface area contributed by atoms with Crippen LogP contribution in [0.1, 0.15) is 37.1 Å². The fourth-order valence-corrected chi connectivity index (χ4v) is 3.48. The van der Waals surface area contributed by atoms with E-state index in [0.717, 1.165) is 29.0 Å². The number of ether oxygens (including phenoxy) is 1. The number of hydrogen-bond acceptors (Lipinski definition) is 5. The van der Waals surface area contributed by atoms with Crippen molar-refractivity contribution < 1.29 is 14.1 Å². The highest BCUT2D eigenvalue weighted by atomic mass is 35.5. The van der Waals surface area contributed by atoms with Gasteiger partial charge >= 0.3 is 0 Å². The second kappa shape index (κ2) is 8.25. The minimum Gasteiger partial charge on any atom is -0.494 e. The maximum atomic E-state index is 12.5. The molecule has 2 heterocycles. The highest BCUT2D eigenvalue weighted by Gasteiger charge is 2.35. The Morgan fingerprint density at radius 3 is 2.76 bits per heavy atom. The van der Waals surface area contributed by atoms with E-state index in [1.807, 2.05) is 49.4 Å². The number of benzene rings is 2. The smallest absolute Gasteiger partial charge is 0.232 e. The van der Waals surface area contributed by atoms with Crippen molar-refractivity contribution >= 4 is 23.2 Å². The van der Waals surface area contributed by atoms with E-state index in [4.69, 9.17) is 20.9 Å². The van der Waals surface area contributed by atoms with E-state index < -0.39 is 0 Å². The number of carbonyl (C=O) groups excluding carboxylic acids is 1. The van der Waals surface area contributed by atoms with E-state index in [-0.39, 0.29) is 11.8 Å². The van der Waals surface area contributed by atoms with Gasteiger partial charge in [0.15, 0.2) is 0 Å². The Morgan fingerprint density at radius 2 is 2.03 bits per heavy atom. The number of halogens is 1. The molecular weight excluding hydrogens is 390 g/mol. The Bertz CT molecular complexity index is 1020. The third kappa shape index (κ3) is 4.12. The number of hydrogen-bond donors (Lipinski definition) is 0. The van der Waals surface area contributed by atoms with Gasteiger partial charge in [-0.25, -0.2) is 0 Å². The van der Waals surface area contributed by atoms with Crippen LogP contribution in [0.2, 0.25) is 5.02 Å². The first-order valence-corrected chi connectivity index (χ1v) is 10.1. The molecule has 4 rings (SSSR count). The van der Waals surface area contributed by atoms with Gasteiger partial charge in [0.1, 0.15) is 5.75 Å². The van der Waals surface area contributed by atoms with Gasteiger partial charge in [0.2, 0.25) is 17.6 Å². The SMILES string of the molecule is CCCOc1ccc(-c2noc(C3CC(=O)N(c4ccc(Cl)c(C)c4)C3)n2)cc1. The fourth-order valence-electron chi connectivity index (χ4n) is 3.36. The van der Waals surface area contributed by atoms with E-state index >= 15 is 0 Å². The molecule has 1 aromatic heterocycles. The molecule has 0 N–H and O–H groups in total. The maximum Gasteiger partial charge on any atom is 0.232 e. The molecule has 1 fully saturated rings. The van der Waals surface area contributed by atoms with Gasteiger partial charge in [-0.05, 0) is 61.4 Å². The molecule has 0 radical (unpaired) electrons. The summed E-state index contributed by atoms with van der Waals surface area (Å²) in [6.45, 7) is 5.18. The highest BCUT2D eigenvalue weighted by Crippen LogP contribution is 2.33. The van der Waals surface area contributed by atoms with Gasteiger partial charge in [-0.2, -0.15) is 4.98 Å². The predicted molar refractivity (Wildman–Crippen MR) is 111 cm³/mol. The van der Waals surface area contributed by atoms with Crippen LogP contribution in [-0.2, 0) is 4.79 Å². The van der Waals surface area contributed by atoms with Crippen LogP contribution in [0, 0.1) is 6.92 Å². The third-order valence-electron chi connectivity index (χ3n) is 4.95. The zero-order valence-electron chi connectivity index (χ0n) is 16.4. The van der Waals surface area contributed by atoms with Gasteiger partial charge in [0.05, 0.1) is 12.5 Å². The van der Waals surface area contributed by atoms with Crippen molar-refractivity contribution in [2.45, 2.75) is 32.6 Å². The van der Waals surface area contributed by atoms with Crippen LogP contribution in [0.25, 0.3) is 11.4 Å². The Morgan fingerprint density at radius 1 is 1.24 bits per heavy atom. The van der Waals surface area contributed by atoms with Gasteiger partial charge in [0.25, 0.3) is 0 Å². The number of amides is 1. The monoisotopic (exact) mass is 411 g/mol. The standard InChI is InChI=1S/C22H22ClN3O3/c1-3-10-28-18-7-4-15(5-8-18)21-24-22(29-25-21)16-12-20(27)26(13-16)17-6-9-19(23)14(2)11-17/h4-9,11,16H,3,10,12-13H2,1-2H3. The molecule has 0 saturated carbocycles. The number of rotatable bonds is 6. The molecule has 1 unspecified atom stereocenters. The van der Waals surface area contributed by atoms with Crippen molar-refractivity contribution in [3.8, 4) is 17.1 Å². The molecule has 1 saturated heterocycles. The summed E-state index contributed by atoms with van der Waals surface area (Å²) in [4.78, 5) is 18.8. The van der Waals surface area contributed by atoms with Gasteiger partial charge in [-0.15, -0.1) is 0 Å². The van der Waals surface area contributed by atoms with Crippen molar-refractivity contribution in [1.82, 2.24) is 10.1 Å². The molecule has 0 bridgehead atoms. The zero-order valence-corrected chi connectivity index (χ0v) is 17.1. The number of aromatic nitrogens is 2. The van der Waals surface area contributed by atoms with Gasteiger partial charge in [-0.1, -0.05) is 23.7 Å². The molecule has 0 aliphatic carbocycles. The number of anilines is 1. The normalized spacial score (nSPS) is 16.4. The van der Waals surface area contributed by atoms with Crippen LogP contribution in [0.15, 0.2) is 47.0 Å². The number of carbonyl (C=O) groups is 1. The lowest BCUT2D eigenvalue weighted by Crippen LogP contribution is -2.24. The molecule has 2 aromatic carbocycles. The Hall–Kier alpha value is -2.86. The Kier molecular flexibility index (Phi) is 5.53. The van der Waals surface area contributed by atoms with Crippen LogP contribution in [0.4, 0.5) is 5.69 Å². The van der Waals surface area contributed by atoms with Crippen LogP contribution in [0.5, 0.6) is 5.75 Å². The first-order valence-electron chi connectivity index (χ1n) is 9.68. The molecule has 6 nitrogen and oxygen atoms in total. The maximum absolute atomic E-state index is 12.5. The van der Waals surface area contributed by atoms with Crippen LogP contribution in [-0.4, -0.2) is 29.2 Å². The molecular formula is C22H22ClN3O3. The van der Waals surface area contributed by atoms with E-state index in [0.29, 0.717) is 36.3 Å². The molecule has 1 aliphatic heterocycles. The summed E-state index contributed by atoms with van der Waals surface area (Å²) in [5, 5.41) is 4.78. The zero-order chi connectivity index (χ0) is 20.4. The molecule has 3 aromatic rings. The molecule has 7 heteroatoms. The number of aryl methyl sites for hydroxylation is 1.